The Morgan fingerprint density at radius 2 is 2.00 bits per heavy atom. The molecule has 29 heavy (non-hydrogen) atoms. The van der Waals surface area contributed by atoms with Gasteiger partial charge >= 0.3 is 0 Å². The highest BCUT2D eigenvalue weighted by atomic mass is 127. The van der Waals surface area contributed by atoms with Crippen molar-refractivity contribution in [1.29, 1.82) is 0 Å². The van der Waals surface area contributed by atoms with Crippen molar-refractivity contribution in [3.05, 3.63) is 29.6 Å². The summed E-state index contributed by atoms with van der Waals surface area (Å²) in [5, 5.41) is 16.3. The normalized spacial score (nSPS) is 16.3. The third-order valence-corrected chi connectivity index (χ3v) is 5.21. The van der Waals surface area contributed by atoms with Crippen LogP contribution in [-0.2, 0) is 6.54 Å². The van der Waals surface area contributed by atoms with Gasteiger partial charge in [0.25, 0.3) is 0 Å². The highest BCUT2D eigenvalue weighted by molar-refractivity contribution is 14.0. The van der Waals surface area contributed by atoms with E-state index < -0.39 is 0 Å². The number of aliphatic hydroxyl groups excluding tert-OH is 1. The topological polar surface area (TPSA) is 59.9 Å². The van der Waals surface area contributed by atoms with Gasteiger partial charge in [-0.25, -0.2) is 9.38 Å². The van der Waals surface area contributed by atoms with Gasteiger partial charge in [-0.2, -0.15) is 0 Å². The quantitative estimate of drug-likeness (QED) is 0.195. The van der Waals surface area contributed by atoms with Crippen LogP contribution in [0.2, 0.25) is 0 Å². The lowest BCUT2D eigenvalue weighted by Gasteiger charge is -2.31. The van der Waals surface area contributed by atoms with Crippen molar-refractivity contribution in [2.75, 3.05) is 24.5 Å². The van der Waals surface area contributed by atoms with Crippen LogP contribution in [0.3, 0.4) is 0 Å². The molecular formula is C22H38FIN4O. The molecule has 1 aliphatic rings. The number of hydrogen-bond acceptors (Lipinski definition) is 3. The molecule has 1 unspecified atom stereocenters. The minimum atomic E-state index is -0.255. The number of unbranched alkanes of at least 4 members (excludes halogenated alkanes) is 2. The number of nitrogens with zero attached hydrogens (tertiary/aromatic N) is 2. The van der Waals surface area contributed by atoms with Gasteiger partial charge in [-0.3, -0.25) is 0 Å². The van der Waals surface area contributed by atoms with E-state index in [4.69, 9.17) is 0 Å². The van der Waals surface area contributed by atoms with Gasteiger partial charge in [0.05, 0.1) is 18.3 Å². The summed E-state index contributed by atoms with van der Waals surface area (Å²) in [6.45, 7) is 9.05. The first-order valence-electron chi connectivity index (χ1n) is 10.8. The molecular weight excluding hydrogens is 482 g/mol. The van der Waals surface area contributed by atoms with Crippen molar-refractivity contribution in [3.63, 3.8) is 0 Å². The summed E-state index contributed by atoms with van der Waals surface area (Å²) in [5.74, 6) is 0.566. The maximum absolute atomic E-state index is 14.6. The molecule has 1 aromatic carbocycles. The van der Waals surface area contributed by atoms with Gasteiger partial charge in [0.15, 0.2) is 5.96 Å². The number of benzene rings is 1. The van der Waals surface area contributed by atoms with Crippen molar-refractivity contribution in [3.8, 4) is 0 Å². The average Bonchev–Trinajstić information content (AvgIpc) is 2.67. The van der Waals surface area contributed by atoms with Crippen molar-refractivity contribution >= 4 is 35.6 Å². The first kappa shape index (κ1) is 25.9. The number of hydrogen-bond donors (Lipinski definition) is 3. The van der Waals surface area contributed by atoms with E-state index in [0.29, 0.717) is 44.2 Å². The fourth-order valence-electron chi connectivity index (χ4n) is 3.51. The Bertz CT molecular complexity index is 621. The number of aliphatic hydroxyl groups is 1. The largest absolute Gasteiger partial charge is 0.393 e. The van der Waals surface area contributed by atoms with Gasteiger partial charge in [0.1, 0.15) is 5.82 Å². The molecule has 2 rings (SSSR count). The van der Waals surface area contributed by atoms with Crippen LogP contribution in [0.25, 0.3) is 0 Å². The van der Waals surface area contributed by atoms with E-state index in [0.717, 1.165) is 24.5 Å². The molecule has 1 aliphatic heterocycles. The van der Waals surface area contributed by atoms with Crippen LogP contribution >= 0.6 is 24.0 Å². The van der Waals surface area contributed by atoms with Gasteiger partial charge in [0.2, 0.25) is 0 Å². The number of aliphatic imine (C=N–C) groups is 1. The van der Waals surface area contributed by atoms with E-state index in [1.54, 1.807) is 6.07 Å². The van der Waals surface area contributed by atoms with Crippen LogP contribution in [-0.4, -0.2) is 42.8 Å². The van der Waals surface area contributed by atoms with Crippen molar-refractivity contribution < 1.29 is 9.50 Å². The zero-order chi connectivity index (χ0) is 20.4. The maximum atomic E-state index is 14.6. The summed E-state index contributed by atoms with van der Waals surface area (Å²) in [6.07, 6.45) is 5.94. The molecule has 1 atom stereocenters. The lowest BCUT2D eigenvalue weighted by atomic mass is 10.1. The Morgan fingerprint density at radius 1 is 1.28 bits per heavy atom. The molecule has 166 valence electrons. The Hall–Kier alpha value is -1.09. The van der Waals surface area contributed by atoms with Gasteiger partial charge in [-0.1, -0.05) is 32.3 Å². The Labute approximate surface area is 192 Å². The maximum Gasteiger partial charge on any atom is 0.191 e. The molecule has 0 bridgehead atoms. The second-order valence-electron chi connectivity index (χ2n) is 7.74. The zero-order valence-corrected chi connectivity index (χ0v) is 20.4. The van der Waals surface area contributed by atoms with E-state index in [1.807, 2.05) is 24.0 Å². The minimum Gasteiger partial charge on any atom is -0.393 e. The predicted molar refractivity (Wildman–Crippen MR) is 131 cm³/mol. The van der Waals surface area contributed by atoms with Crippen LogP contribution in [0, 0.1) is 5.82 Å². The first-order chi connectivity index (χ1) is 13.5. The van der Waals surface area contributed by atoms with E-state index in [2.05, 4.69) is 29.5 Å². The Kier molecular flexibility index (Phi) is 12.5. The van der Waals surface area contributed by atoms with Gasteiger partial charge in [-0.05, 0) is 50.8 Å². The summed E-state index contributed by atoms with van der Waals surface area (Å²) in [5.41, 5.74) is 1.48. The fourth-order valence-corrected chi connectivity index (χ4v) is 3.51. The lowest BCUT2D eigenvalue weighted by molar-refractivity contribution is 0.145. The van der Waals surface area contributed by atoms with E-state index in [1.165, 1.54) is 19.3 Å². The van der Waals surface area contributed by atoms with Gasteiger partial charge < -0.3 is 20.6 Å². The molecule has 0 aliphatic carbocycles. The molecule has 1 fully saturated rings. The number of rotatable bonds is 9. The first-order valence-corrected chi connectivity index (χ1v) is 10.8. The molecule has 7 heteroatoms. The molecule has 5 nitrogen and oxygen atoms in total. The van der Waals surface area contributed by atoms with E-state index in [9.17, 15) is 9.50 Å². The third-order valence-electron chi connectivity index (χ3n) is 5.21. The van der Waals surface area contributed by atoms with Crippen LogP contribution in [0.1, 0.15) is 64.9 Å². The molecule has 1 heterocycles. The van der Waals surface area contributed by atoms with Crippen LogP contribution < -0.4 is 15.5 Å². The number of nitrogens with one attached hydrogen (secondary N) is 2. The fraction of sp³-hybridized carbons (Fsp3) is 0.682. The summed E-state index contributed by atoms with van der Waals surface area (Å²) in [4.78, 5) is 6.64. The molecule has 1 aromatic rings. The van der Waals surface area contributed by atoms with Crippen molar-refractivity contribution in [2.45, 2.75) is 78.0 Å². The molecule has 0 amide bonds. The van der Waals surface area contributed by atoms with Crippen LogP contribution in [0.15, 0.2) is 23.2 Å². The van der Waals surface area contributed by atoms with Crippen molar-refractivity contribution in [2.24, 2.45) is 4.99 Å². The smallest absolute Gasteiger partial charge is 0.191 e. The third kappa shape index (κ3) is 9.07. The highest BCUT2D eigenvalue weighted by Gasteiger charge is 2.19. The molecule has 0 spiro atoms. The molecule has 0 aromatic heterocycles. The van der Waals surface area contributed by atoms with Crippen LogP contribution in [0.5, 0.6) is 0 Å². The highest BCUT2D eigenvalue weighted by Crippen LogP contribution is 2.24. The molecule has 0 saturated carbocycles. The molecule has 1 saturated heterocycles. The standard InChI is InChI=1S/C22H37FN4O.HI/c1-4-6-7-8-17(3)26-22(24-5-2)25-16-18-9-10-21(20(23)15-18)27-13-11-19(28)12-14-27;/h9-10,15,17,19,28H,4-8,11-14,16H2,1-3H3,(H2,24,25,26);1H. The van der Waals surface area contributed by atoms with Crippen molar-refractivity contribution in [1.82, 2.24) is 10.6 Å². The minimum absolute atomic E-state index is 0. The summed E-state index contributed by atoms with van der Waals surface area (Å²) in [6, 6.07) is 5.73. The summed E-state index contributed by atoms with van der Waals surface area (Å²) in [7, 11) is 0. The molecule has 0 radical (unpaired) electrons. The monoisotopic (exact) mass is 520 g/mol. The summed E-state index contributed by atoms with van der Waals surface area (Å²) < 4.78 is 14.6. The SMILES string of the molecule is CCCCCC(C)NC(=NCc1ccc(N2CCC(O)CC2)c(F)c1)NCC.I. The second-order valence-corrected chi connectivity index (χ2v) is 7.74. The van der Waals surface area contributed by atoms with Gasteiger partial charge in [0, 0.05) is 25.7 Å². The molecule has 3 N–H and O–H groups in total. The average molecular weight is 520 g/mol. The Morgan fingerprint density at radius 3 is 2.62 bits per heavy atom. The predicted octanol–water partition coefficient (Wildman–Crippen LogP) is 4.43. The lowest BCUT2D eigenvalue weighted by Crippen LogP contribution is -2.42. The number of piperidine rings is 1. The van der Waals surface area contributed by atoms with Gasteiger partial charge in [-0.15, -0.1) is 24.0 Å². The van der Waals surface area contributed by atoms with E-state index >= 15 is 0 Å². The number of anilines is 1. The zero-order valence-electron chi connectivity index (χ0n) is 18.1. The number of halogens is 2. The number of guanidine groups is 1. The second kappa shape index (κ2) is 14.0. The van der Waals surface area contributed by atoms with E-state index in [-0.39, 0.29) is 35.9 Å². The Balaban J connectivity index is 0.00000420. The summed E-state index contributed by atoms with van der Waals surface area (Å²) >= 11 is 0. The van der Waals surface area contributed by atoms with Crippen LogP contribution in [0.4, 0.5) is 10.1 Å².